The normalized spacial score (nSPS) is 10.1. The zero-order chi connectivity index (χ0) is 21.7. The van der Waals surface area contributed by atoms with Gasteiger partial charge < -0.3 is 26.2 Å². The number of aromatic nitrogens is 2. The number of carboxylic acid groups (broad SMARTS) is 2. The fourth-order valence-corrected chi connectivity index (χ4v) is 3.01. The molecule has 0 aliphatic rings. The molecule has 5 N–H and O–H groups in total. The van der Waals surface area contributed by atoms with Gasteiger partial charge >= 0.3 is 11.9 Å². The second-order valence-electron chi connectivity index (χ2n) is 5.81. The molecule has 0 spiro atoms. The molecule has 2 aromatic carbocycles. The number of rotatable bonds is 6. The third-order valence-electron chi connectivity index (χ3n) is 3.68. The monoisotopic (exact) mass is 443 g/mol. The lowest BCUT2D eigenvalue weighted by atomic mass is 10.1. The Balaban J connectivity index is 1.64. The minimum Gasteiger partial charge on any atom is -0.478 e. The number of carbonyl (C=O) groups is 3. The van der Waals surface area contributed by atoms with Crippen molar-refractivity contribution in [3.63, 3.8) is 0 Å². The zero-order valence-electron chi connectivity index (χ0n) is 14.9. The van der Waals surface area contributed by atoms with E-state index >= 15 is 0 Å². The minimum atomic E-state index is -1.26. The lowest BCUT2D eigenvalue weighted by Gasteiger charge is -2.12. The third-order valence-corrected chi connectivity index (χ3v) is 4.39. The number of thiocarbonyl (C=S) groups is 1. The fourth-order valence-electron chi connectivity index (χ4n) is 2.34. The van der Waals surface area contributed by atoms with E-state index in [2.05, 4.69) is 25.5 Å². The minimum absolute atomic E-state index is 0.124. The molecule has 0 atom stereocenters. The standard InChI is InChI=1S/C18H13N5O5S2/c24-15(14-8-30-23-22-14)19-11-1-3-12(4-2-11)20-18(29)21-13-6-9(16(25)26)5-10(7-13)17(27)28/h1-8H,(H,19,24)(H,25,26)(H,27,28)(H2,20,21,29). The number of carboxylic acids is 2. The van der Waals surface area contributed by atoms with Gasteiger partial charge in [0.2, 0.25) is 0 Å². The van der Waals surface area contributed by atoms with Crippen LogP contribution in [0.5, 0.6) is 0 Å². The molecule has 0 saturated heterocycles. The summed E-state index contributed by atoms with van der Waals surface area (Å²) < 4.78 is 3.63. The molecule has 0 radical (unpaired) electrons. The molecule has 1 aromatic heterocycles. The van der Waals surface area contributed by atoms with Crippen molar-refractivity contribution in [2.75, 3.05) is 16.0 Å². The van der Waals surface area contributed by atoms with Gasteiger partial charge in [-0.15, -0.1) is 5.10 Å². The predicted octanol–water partition coefficient (Wildman–Crippen LogP) is 3.00. The Bertz CT molecular complexity index is 1080. The zero-order valence-corrected chi connectivity index (χ0v) is 16.6. The van der Waals surface area contributed by atoms with Crippen LogP contribution in [0.15, 0.2) is 47.8 Å². The van der Waals surface area contributed by atoms with Crippen LogP contribution in [-0.4, -0.2) is 42.8 Å². The van der Waals surface area contributed by atoms with Crippen molar-refractivity contribution in [3.8, 4) is 0 Å². The van der Waals surface area contributed by atoms with Crippen LogP contribution in [0, 0.1) is 0 Å². The lowest BCUT2D eigenvalue weighted by Crippen LogP contribution is -2.20. The van der Waals surface area contributed by atoms with Crippen LogP contribution >= 0.6 is 23.8 Å². The number of benzene rings is 2. The van der Waals surface area contributed by atoms with Crippen molar-refractivity contribution in [2.45, 2.75) is 0 Å². The SMILES string of the molecule is O=C(O)c1cc(NC(=S)Nc2ccc(NC(=O)c3csnn3)cc2)cc(C(=O)O)c1. The highest BCUT2D eigenvalue weighted by Gasteiger charge is 2.12. The van der Waals surface area contributed by atoms with Gasteiger partial charge in [0.05, 0.1) is 11.1 Å². The first-order valence-electron chi connectivity index (χ1n) is 8.20. The van der Waals surface area contributed by atoms with Gasteiger partial charge in [0, 0.05) is 22.4 Å². The van der Waals surface area contributed by atoms with Crippen LogP contribution in [0.3, 0.4) is 0 Å². The summed E-state index contributed by atoms with van der Waals surface area (Å²) in [6, 6.07) is 10.2. The molecule has 10 nitrogen and oxygen atoms in total. The summed E-state index contributed by atoms with van der Waals surface area (Å²) in [5, 5.41) is 31.9. The summed E-state index contributed by atoms with van der Waals surface area (Å²) in [5.74, 6) is -2.90. The molecule has 0 unspecified atom stereocenters. The smallest absolute Gasteiger partial charge is 0.335 e. The van der Waals surface area contributed by atoms with Crippen molar-refractivity contribution in [2.24, 2.45) is 0 Å². The Morgan fingerprint density at radius 1 is 0.833 bits per heavy atom. The average Bonchev–Trinajstić information content (AvgIpc) is 3.24. The highest BCUT2D eigenvalue weighted by atomic mass is 32.1. The third kappa shape index (κ3) is 5.33. The van der Waals surface area contributed by atoms with Gasteiger partial charge in [0.25, 0.3) is 5.91 Å². The Morgan fingerprint density at radius 3 is 1.87 bits per heavy atom. The Labute approximate surface area is 178 Å². The number of hydrogen-bond donors (Lipinski definition) is 5. The van der Waals surface area contributed by atoms with Crippen LogP contribution in [0.2, 0.25) is 0 Å². The van der Waals surface area contributed by atoms with E-state index in [1.54, 1.807) is 24.3 Å². The molecular formula is C18H13N5O5S2. The lowest BCUT2D eigenvalue weighted by molar-refractivity contribution is 0.0696. The molecule has 152 valence electrons. The van der Waals surface area contributed by atoms with Crippen LogP contribution in [-0.2, 0) is 0 Å². The van der Waals surface area contributed by atoms with E-state index in [-0.39, 0.29) is 33.5 Å². The van der Waals surface area contributed by atoms with Crippen molar-refractivity contribution in [1.29, 1.82) is 0 Å². The number of anilines is 3. The molecule has 0 aliphatic heterocycles. The van der Waals surface area contributed by atoms with E-state index in [9.17, 15) is 14.4 Å². The first-order valence-corrected chi connectivity index (χ1v) is 9.44. The van der Waals surface area contributed by atoms with Gasteiger partial charge in [-0.1, -0.05) is 4.49 Å². The Morgan fingerprint density at radius 2 is 1.37 bits per heavy atom. The number of hydrogen-bond acceptors (Lipinski definition) is 7. The molecule has 0 bridgehead atoms. The molecule has 12 heteroatoms. The average molecular weight is 443 g/mol. The summed E-state index contributed by atoms with van der Waals surface area (Å²) in [4.78, 5) is 34.3. The fraction of sp³-hybridized carbons (Fsp3) is 0. The maximum atomic E-state index is 12.0. The maximum absolute atomic E-state index is 12.0. The number of aromatic carboxylic acids is 2. The van der Waals surface area contributed by atoms with E-state index in [1.807, 2.05) is 0 Å². The molecule has 1 heterocycles. The molecule has 3 aromatic rings. The van der Waals surface area contributed by atoms with Crippen molar-refractivity contribution in [3.05, 3.63) is 64.7 Å². The second kappa shape index (κ2) is 9.07. The maximum Gasteiger partial charge on any atom is 0.335 e. The van der Waals surface area contributed by atoms with E-state index in [1.165, 1.54) is 17.5 Å². The van der Waals surface area contributed by atoms with E-state index in [0.717, 1.165) is 17.6 Å². The number of carbonyl (C=O) groups excluding carboxylic acids is 1. The molecule has 0 aliphatic carbocycles. The summed E-state index contributed by atoms with van der Waals surface area (Å²) in [6.07, 6.45) is 0. The molecule has 0 fully saturated rings. The van der Waals surface area contributed by atoms with Gasteiger partial charge in [0.15, 0.2) is 10.8 Å². The van der Waals surface area contributed by atoms with E-state index in [0.29, 0.717) is 11.4 Å². The van der Waals surface area contributed by atoms with Gasteiger partial charge in [-0.05, 0) is 66.2 Å². The Kier molecular flexibility index (Phi) is 6.29. The molecule has 1 amide bonds. The van der Waals surface area contributed by atoms with Crippen molar-refractivity contribution in [1.82, 2.24) is 9.59 Å². The first-order chi connectivity index (χ1) is 14.3. The summed E-state index contributed by atoms with van der Waals surface area (Å²) in [6.45, 7) is 0. The summed E-state index contributed by atoms with van der Waals surface area (Å²) in [7, 11) is 0. The second-order valence-corrected chi connectivity index (χ2v) is 6.83. The summed E-state index contributed by atoms with van der Waals surface area (Å²) in [5.41, 5.74) is 1.19. The summed E-state index contributed by atoms with van der Waals surface area (Å²) >= 11 is 6.27. The molecular weight excluding hydrogens is 430 g/mol. The highest BCUT2D eigenvalue weighted by Crippen LogP contribution is 2.18. The first kappa shape index (κ1) is 20.8. The number of nitrogens with one attached hydrogen (secondary N) is 3. The van der Waals surface area contributed by atoms with Gasteiger partial charge in [-0.2, -0.15) is 0 Å². The largest absolute Gasteiger partial charge is 0.478 e. The van der Waals surface area contributed by atoms with Gasteiger partial charge in [-0.25, -0.2) is 9.59 Å². The predicted molar refractivity (Wildman–Crippen MR) is 115 cm³/mol. The van der Waals surface area contributed by atoms with Crippen molar-refractivity contribution < 1.29 is 24.6 Å². The van der Waals surface area contributed by atoms with Crippen LogP contribution in [0.4, 0.5) is 17.1 Å². The van der Waals surface area contributed by atoms with E-state index < -0.39 is 11.9 Å². The quantitative estimate of drug-likeness (QED) is 0.359. The van der Waals surface area contributed by atoms with E-state index in [4.69, 9.17) is 22.4 Å². The number of amides is 1. The number of nitrogens with zero attached hydrogens (tertiary/aromatic N) is 2. The van der Waals surface area contributed by atoms with Gasteiger partial charge in [0.1, 0.15) is 0 Å². The topological polar surface area (TPSA) is 154 Å². The van der Waals surface area contributed by atoms with Crippen molar-refractivity contribution >= 4 is 63.8 Å². The Hall–Kier alpha value is -3.90. The molecule has 3 rings (SSSR count). The van der Waals surface area contributed by atoms with Crippen LogP contribution in [0.25, 0.3) is 0 Å². The van der Waals surface area contributed by atoms with Gasteiger partial charge in [-0.3, -0.25) is 4.79 Å². The van der Waals surface area contributed by atoms with Crippen LogP contribution < -0.4 is 16.0 Å². The van der Waals surface area contributed by atoms with Crippen LogP contribution in [0.1, 0.15) is 31.2 Å². The molecule has 30 heavy (non-hydrogen) atoms. The molecule has 0 saturated carbocycles. The highest BCUT2D eigenvalue weighted by molar-refractivity contribution is 7.80.